The van der Waals surface area contributed by atoms with Gasteiger partial charge in [0.25, 0.3) is 0 Å². The Bertz CT molecular complexity index is 655. The van der Waals surface area contributed by atoms with Crippen molar-refractivity contribution in [3.8, 4) is 5.75 Å². The van der Waals surface area contributed by atoms with Gasteiger partial charge in [-0.05, 0) is 39.1 Å². The first kappa shape index (κ1) is 17.3. The molecule has 0 fully saturated rings. The number of carbonyl (C=O) groups excluding carboxylic acids is 1. The number of ether oxygens (including phenoxy) is 2. The summed E-state index contributed by atoms with van der Waals surface area (Å²) in [4.78, 5) is 14.4. The van der Waals surface area contributed by atoms with Crippen molar-refractivity contribution in [2.24, 2.45) is 0 Å². The number of thiocarbonyl (C=S) groups is 1. The minimum absolute atomic E-state index is 0.194. The Kier molecular flexibility index (Phi) is 5.26. The van der Waals surface area contributed by atoms with Crippen molar-refractivity contribution in [3.63, 3.8) is 0 Å². The van der Waals surface area contributed by atoms with E-state index in [2.05, 4.69) is 5.32 Å². The van der Waals surface area contributed by atoms with Gasteiger partial charge in [-0.15, -0.1) is 0 Å². The second kappa shape index (κ2) is 7.00. The van der Waals surface area contributed by atoms with Gasteiger partial charge in [0.2, 0.25) is 0 Å². The van der Waals surface area contributed by atoms with E-state index in [0.29, 0.717) is 16.4 Å². The van der Waals surface area contributed by atoms with Crippen LogP contribution in [-0.2, 0) is 9.53 Å². The number of hydrogen-bond donors (Lipinski definition) is 1. The van der Waals surface area contributed by atoms with Gasteiger partial charge in [0.1, 0.15) is 5.75 Å². The van der Waals surface area contributed by atoms with Gasteiger partial charge < -0.3 is 19.7 Å². The fourth-order valence-corrected chi connectivity index (χ4v) is 2.77. The minimum atomic E-state index is -0.402. The molecule has 2 rings (SSSR count). The molecule has 1 unspecified atom stereocenters. The van der Waals surface area contributed by atoms with Crippen LogP contribution in [0, 0.1) is 0 Å². The third-order valence-corrected chi connectivity index (χ3v) is 4.16. The molecule has 1 aromatic rings. The molecule has 0 saturated carbocycles. The number of para-hydroxylation sites is 1. The Hall–Kier alpha value is -2.08. The second-order valence-corrected chi connectivity index (χ2v) is 6.02. The van der Waals surface area contributed by atoms with Gasteiger partial charge in [-0.2, -0.15) is 0 Å². The van der Waals surface area contributed by atoms with Crippen LogP contribution in [0.25, 0.3) is 0 Å². The molecule has 1 aliphatic rings. The molecular formula is C17H22N2O3S. The summed E-state index contributed by atoms with van der Waals surface area (Å²) in [7, 11) is 3.43. The first-order valence-electron chi connectivity index (χ1n) is 7.45. The highest BCUT2D eigenvalue weighted by atomic mass is 32.1. The lowest BCUT2D eigenvalue weighted by molar-refractivity contribution is -0.143. The Morgan fingerprint density at radius 3 is 2.61 bits per heavy atom. The normalized spacial score (nSPS) is 18.1. The molecule has 1 atom stereocenters. The van der Waals surface area contributed by atoms with Gasteiger partial charge in [-0.1, -0.05) is 18.2 Å². The summed E-state index contributed by atoms with van der Waals surface area (Å²) in [6.07, 6.45) is -0.194. The summed E-state index contributed by atoms with van der Waals surface area (Å²) in [5.41, 5.74) is 2.16. The van der Waals surface area contributed by atoms with Crippen LogP contribution in [-0.4, -0.2) is 36.2 Å². The Morgan fingerprint density at radius 2 is 2.00 bits per heavy atom. The molecule has 1 heterocycles. The van der Waals surface area contributed by atoms with Gasteiger partial charge >= 0.3 is 5.97 Å². The van der Waals surface area contributed by atoms with Crippen LogP contribution in [0.3, 0.4) is 0 Å². The summed E-state index contributed by atoms with van der Waals surface area (Å²) in [5, 5.41) is 3.77. The van der Waals surface area contributed by atoms with Crippen molar-refractivity contribution in [2.45, 2.75) is 32.9 Å². The highest BCUT2D eigenvalue weighted by molar-refractivity contribution is 7.80. The van der Waals surface area contributed by atoms with E-state index in [1.165, 1.54) is 0 Å². The first-order valence-corrected chi connectivity index (χ1v) is 7.86. The van der Waals surface area contributed by atoms with Gasteiger partial charge in [-0.25, -0.2) is 4.79 Å². The van der Waals surface area contributed by atoms with Crippen LogP contribution in [0.4, 0.5) is 0 Å². The number of methoxy groups -OCH3 is 1. The maximum Gasteiger partial charge on any atom is 0.338 e. The zero-order valence-electron chi connectivity index (χ0n) is 14.0. The fourth-order valence-electron chi connectivity index (χ4n) is 2.52. The average molecular weight is 334 g/mol. The van der Waals surface area contributed by atoms with Crippen molar-refractivity contribution in [3.05, 3.63) is 41.1 Å². The van der Waals surface area contributed by atoms with E-state index >= 15 is 0 Å². The smallest absolute Gasteiger partial charge is 0.338 e. The average Bonchev–Trinajstić information content (AvgIpc) is 2.51. The lowest BCUT2D eigenvalue weighted by Gasteiger charge is -2.36. The predicted octanol–water partition coefficient (Wildman–Crippen LogP) is 2.78. The fraction of sp³-hybridized carbons (Fsp3) is 0.412. The molecule has 6 heteroatoms. The number of benzene rings is 1. The highest BCUT2D eigenvalue weighted by Crippen LogP contribution is 2.35. The summed E-state index contributed by atoms with van der Waals surface area (Å²) in [6.45, 7) is 5.53. The highest BCUT2D eigenvalue weighted by Gasteiger charge is 2.35. The molecule has 0 aliphatic carbocycles. The molecular weight excluding hydrogens is 312 g/mol. The third-order valence-electron chi connectivity index (χ3n) is 3.77. The molecule has 23 heavy (non-hydrogen) atoms. The first-order chi connectivity index (χ1) is 10.9. The molecule has 1 N–H and O–H groups in total. The predicted molar refractivity (Wildman–Crippen MR) is 93.2 cm³/mol. The van der Waals surface area contributed by atoms with Crippen LogP contribution in [0.1, 0.15) is 32.4 Å². The molecule has 1 aromatic carbocycles. The zero-order chi connectivity index (χ0) is 17.1. The number of allylic oxidation sites excluding steroid dienone is 1. The van der Waals surface area contributed by atoms with Crippen LogP contribution >= 0.6 is 12.2 Å². The summed E-state index contributed by atoms with van der Waals surface area (Å²) >= 11 is 5.38. The van der Waals surface area contributed by atoms with E-state index in [1.807, 2.05) is 52.1 Å². The van der Waals surface area contributed by atoms with E-state index in [9.17, 15) is 4.79 Å². The number of hydrogen-bond acceptors (Lipinski definition) is 4. The molecule has 0 spiro atoms. The van der Waals surface area contributed by atoms with Crippen LogP contribution in [0.5, 0.6) is 5.75 Å². The molecule has 0 amide bonds. The maximum atomic E-state index is 12.6. The van der Waals surface area contributed by atoms with Gasteiger partial charge in [0.05, 0.1) is 24.8 Å². The molecule has 0 aromatic heterocycles. The van der Waals surface area contributed by atoms with Crippen molar-refractivity contribution in [1.82, 2.24) is 10.2 Å². The Balaban J connectivity index is 2.55. The number of rotatable bonds is 4. The molecule has 124 valence electrons. The largest absolute Gasteiger partial charge is 0.496 e. The van der Waals surface area contributed by atoms with Gasteiger partial charge in [0, 0.05) is 18.3 Å². The monoisotopic (exact) mass is 334 g/mol. The van der Waals surface area contributed by atoms with Gasteiger partial charge in [0.15, 0.2) is 5.11 Å². The zero-order valence-corrected chi connectivity index (χ0v) is 14.9. The van der Waals surface area contributed by atoms with E-state index in [4.69, 9.17) is 21.7 Å². The van der Waals surface area contributed by atoms with Crippen LogP contribution in [0.2, 0.25) is 0 Å². The van der Waals surface area contributed by atoms with Crippen molar-refractivity contribution in [1.29, 1.82) is 0 Å². The second-order valence-electron chi connectivity index (χ2n) is 5.64. The number of carbonyl (C=O) groups is 1. The topological polar surface area (TPSA) is 50.8 Å². The number of nitrogens with one attached hydrogen (secondary N) is 1. The standard InChI is InChI=1S/C17H22N2O3S/c1-10(2)22-16(20)14-11(3)19(4)17(23)18-15(14)12-8-6-7-9-13(12)21-5/h6-10,15H,1-5H3,(H,18,23). The Labute approximate surface area is 142 Å². The molecule has 0 radical (unpaired) electrons. The van der Waals surface area contributed by atoms with E-state index in [0.717, 1.165) is 11.3 Å². The summed E-state index contributed by atoms with van der Waals surface area (Å²) in [5.74, 6) is 0.343. The minimum Gasteiger partial charge on any atom is -0.496 e. The SMILES string of the molecule is COc1ccccc1C1NC(=S)N(C)C(C)=C1C(=O)OC(C)C. The van der Waals surface area contributed by atoms with Crippen molar-refractivity contribution < 1.29 is 14.3 Å². The van der Waals surface area contributed by atoms with Crippen molar-refractivity contribution >= 4 is 23.3 Å². The quantitative estimate of drug-likeness (QED) is 0.675. The maximum absolute atomic E-state index is 12.6. The number of nitrogens with zero attached hydrogens (tertiary/aromatic N) is 1. The van der Waals surface area contributed by atoms with E-state index in [1.54, 1.807) is 12.0 Å². The lowest BCUT2D eigenvalue weighted by atomic mass is 9.94. The van der Waals surface area contributed by atoms with Crippen LogP contribution in [0.15, 0.2) is 35.5 Å². The molecule has 5 nitrogen and oxygen atoms in total. The van der Waals surface area contributed by atoms with Crippen LogP contribution < -0.4 is 10.1 Å². The van der Waals surface area contributed by atoms with Gasteiger partial charge in [-0.3, -0.25) is 0 Å². The summed E-state index contributed by atoms with van der Waals surface area (Å²) < 4.78 is 10.9. The van der Waals surface area contributed by atoms with E-state index < -0.39 is 6.04 Å². The number of esters is 1. The van der Waals surface area contributed by atoms with Crippen molar-refractivity contribution in [2.75, 3.05) is 14.2 Å². The lowest BCUT2D eigenvalue weighted by Crippen LogP contribution is -2.46. The Morgan fingerprint density at radius 1 is 1.35 bits per heavy atom. The third kappa shape index (κ3) is 3.47. The summed E-state index contributed by atoms with van der Waals surface area (Å²) in [6, 6.07) is 7.17. The molecule has 0 bridgehead atoms. The van der Waals surface area contributed by atoms with E-state index in [-0.39, 0.29) is 12.1 Å². The molecule has 0 saturated heterocycles. The molecule has 1 aliphatic heterocycles.